The molecule has 0 fully saturated rings. The summed E-state index contributed by atoms with van der Waals surface area (Å²) < 4.78 is 0.831. The lowest BCUT2D eigenvalue weighted by Gasteiger charge is -2.09. The van der Waals surface area contributed by atoms with Gasteiger partial charge in [0.15, 0.2) is 0 Å². The SMILES string of the molecule is CCCCCCCC(=O)Nc1ccc(I)cc1C(=O)O. The average molecular weight is 389 g/mol. The highest BCUT2D eigenvalue weighted by atomic mass is 127. The molecule has 110 valence electrons. The highest BCUT2D eigenvalue weighted by Gasteiger charge is 2.12. The van der Waals surface area contributed by atoms with Crippen molar-refractivity contribution in [3.8, 4) is 0 Å². The first-order valence-electron chi connectivity index (χ1n) is 6.87. The fourth-order valence-electron chi connectivity index (χ4n) is 1.90. The molecule has 0 bridgehead atoms. The zero-order chi connectivity index (χ0) is 15.0. The normalized spacial score (nSPS) is 10.3. The molecule has 0 heterocycles. The van der Waals surface area contributed by atoms with E-state index in [1.165, 1.54) is 12.8 Å². The molecule has 0 aliphatic heterocycles. The van der Waals surface area contributed by atoms with Gasteiger partial charge in [0.05, 0.1) is 11.3 Å². The van der Waals surface area contributed by atoms with Crippen LogP contribution in [0.1, 0.15) is 55.8 Å². The third kappa shape index (κ3) is 5.90. The fraction of sp³-hybridized carbons (Fsp3) is 0.467. The Morgan fingerprint density at radius 1 is 1.20 bits per heavy atom. The molecule has 0 saturated heterocycles. The summed E-state index contributed by atoms with van der Waals surface area (Å²) >= 11 is 2.05. The van der Waals surface area contributed by atoms with E-state index in [1.54, 1.807) is 18.2 Å². The van der Waals surface area contributed by atoms with Gasteiger partial charge in [-0.15, -0.1) is 0 Å². The van der Waals surface area contributed by atoms with Crippen molar-refractivity contribution in [2.45, 2.75) is 45.4 Å². The van der Waals surface area contributed by atoms with Crippen LogP contribution in [0, 0.1) is 3.57 Å². The van der Waals surface area contributed by atoms with Crippen LogP contribution in [0.15, 0.2) is 18.2 Å². The van der Waals surface area contributed by atoms with E-state index in [1.807, 2.05) is 22.6 Å². The molecule has 20 heavy (non-hydrogen) atoms. The van der Waals surface area contributed by atoms with Gasteiger partial charge in [-0.2, -0.15) is 0 Å². The molecule has 0 atom stereocenters. The Morgan fingerprint density at radius 2 is 1.90 bits per heavy atom. The molecule has 2 N–H and O–H groups in total. The minimum absolute atomic E-state index is 0.120. The van der Waals surface area contributed by atoms with Crippen molar-refractivity contribution >= 4 is 40.2 Å². The first kappa shape index (κ1) is 16.9. The second kappa shape index (κ2) is 8.94. The maximum absolute atomic E-state index is 11.8. The number of carboxylic acids is 1. The molecular weight excluding hydrogens is 369 g/mol. The largest absolute Gasteiger partial charge is 0.478 e. The molecule has 0 aliphatic rings. The Morgan fingerprint density at radius 3 is 2.55 bits per heavy atom. The van der Waals surface area contributed by atoms with Crippen molar-refractivity contribution < 1.29 is 14.7 Å². The molecule has 0 aromatic heterocycles. The number of anilines is 1. The molecular formula is C15H20INO3. The van der Waals surface area contributed by atoms with Crippen LogP contribution >= 0.6 is 22.6 Å². The van der Waals surface area contributed by atoms with E-state index >= 15 is 0 Å². The summed E-state index contributed by atoms with van der Waals surface area (Å²) in [6.07, 6.45) is 5.85. The number of unbranched alkanes of at least 4 members (excludes halogenated alkanes) is 4. The van der Waals surface area contributed by atoms with Gasteiger partial charge in [0.2, 0.25) is 5.91 Å². The van der Waals surface area contributed by atoms with Crippen LogP contribution in [-0.2, 0) is 4.79 Å². The number of carbonyl (C=O) groups excluding carboxylic acids is 1. The molecule has 0 saturated carbocycles. The van der Waals surface area contributed by atoms with E-state index in [9.17, 15) is 9.59 Å². The first-order chi connectivity index (χ1) is 9.54. The van der Waals surface area contributed by atoms with E-state index in [4.69, 9.17) is 5.11 Å². The van der Waals surface area contributed by atoms with Crippen molar-refractivity contribution in [1.29, 1.82) is 0 Å². The van der Waals surface area contributed by atoms with Gasteiger partial charge in [-0.05, 0) is 47.2 Å². The number of nitrogens with one attached hydrogen (secondary N) is 1. The fourth-order valence-corrected chi connectivity index (χ4v) is 2.40. The van der Waals surface area contributed by atoms with E-state index in [0.29, 0.717) is 12.1 Å². The van der Waals surface area contributed by atoms with E-state index in [2.05, 4.69) is 12.2 Å². The predicted molar refractivity (Wildman–Crippen MR) is 88.1 cm³/mol. The summed E-state index contributed by atoms with van der Waals surface area (Å²) in [6, 6.07) is 4.98. The summed E-state index contributed by atoms with van der Waals surface area (Å²) in [5.41, 5.74) is 0.507. The molecule has 5 heteroatoms. The lowest BCUT2D eigenvalue weighted by molar-refractivity contribution is -0.116. The van der Waals surface area contributed by atoms with Crippen LogP contribution in [0.25, 0.3) is 0 Å². The van der Waals surface area contributed by atoms with Crippen LogP contribution in [0.5, 0.6) is 0 Å². The number of halogens is 1. The van der Waals surface area contributed by atoms with Crippen LogP contribution in [0.3, 0.4) is 0 Å². The third-order valence-electron chi connectivity index (χ3n) is 2.99. The Hall–Kier alpha value is -1.11. The molecule has 1 aromatic rings. The standard InChI is InChI=1S/C15H20INO3/c1-2-3-4-5-6-7-14(18)17-13-9-8-11(16)10-12(13)15(19)20/h8-10H,2-7H2,1H3,(H,17,18)(H,19,20). The van der Waals surface area contributed by atoms with Gasteiger partial charge in [-0.1, -0.05) is 32.6 Å². The molecule has 1 amide bonds. The molecule has 1 rings (SSSR count). The number of benzene rings is 1. The van der Waals surface area contributed by atoms with Crippen LogP contribution in [-0.4, -0.2) is 17.0 Å². The Balaban J connectivity index is 2.51. The van der Waals surface area contributed by atoms with Crippen molar-refractivity contribution in [1.82, 2.24) is 0 Å². The summed E-state index contributed by atoms with van der Waals surface area (Å²) in [4.78, 5) is 22.9. The summed E-state index contributed by atoms with van der Waals surface area (Å²) in [5.74, 6) is -1.15. The average Bonchev–Trinajstić information content (AvgIpc) is 2.40. The maximum Gasteiger partial charge on any atom is 0.337 e. The van der Waals surface area contributed by atoms with Crippen LogP contribution < -0.4 is 5.32 Å². The lowest BCUT2D eigenvalue weighted by atomic mass is 10.1. The van der Waals surface area contributed by atoms with E-state index < -0.39 is 5.97 Å². The van der Waals surface area contributed by atoms with Gasteiger partial charge in [0.25, 0.3) is 0 Å². The minimum Gasteiger partial charge on any atom is -0.478 e. The van der Waals surface area contributed by atoms with Gasteiger partial charge in [-0.3, -0.25) is 4.79 Å². The summed E-state index contributed by atoms with van der Waals surface area (Å²) in [7, 11) is 0. The molecule has 0 spiro atoms. The second-order valence-electron chi connectivity index (χ2n) is 4.71. The number of carbonyl (C=O) groups is 2. The van der Waals surface area contributed by atoms with Crippen LogP contribution in [0.2, 0.25) is 0 Å². The topological polar surface area (TPSA) is 66.4 Å². The van der Waals surface area contributed by atoms with Gasteiger partial charge in [-0.25, -0.2) is 4.79 Å². The zero-order valence-electron chi connectivity index (χ0n) is 11.6. The molecule has 4 nitrogen and oxygen atoms in total. The van der Waals surface area contributed by atoms with Crippen molar-refractivity contribution in [3.63, 3.8) is 0 Å². The molecule has 1 aromatic carbocycles. The molecule has 0 radical (unpaired) electrons. The molecule has 0 aliphatic carbocycles. The zero-order valence-corrected chi connectivity index (χ0v) is 13.8. The Labute approximate surface area is 133 Å². The quantitative estimate of drug-likeness (QED) is 0.515. The predicted octanol–water partition coefficient (Wildman–Crippen LogP) is 4.29. The van der Waals surface area contributed by atoms with E-state index in [0.717, 1.165) is 22.8 Å². The number of rotatable bonds is 8. The summed E-state index contributed by atoms with van der Waals surface area (Å²) in [6.45, 7) is 2.15. The maximum atomic E-state index is 11.8. The highest BCUT2D eigenvalue weighted by Crippen LogP contribution is 2.19. The number of aromatic carboxylic acids is 1. The Bertz CT molecular complexity index is 474. The van der Waals surface area contributed by atoms with Gasteiger partial charge in [0.1, 0.15) is 0 Å². The summed E-state index contributed by atoms with van der Waals surface area (Å²) in [5, 5.41) is 11.8. The number of amides is 1. The first-order valence-corrected chi connectivity index (χ1v) is 7.95. The van der Waals surface area contributed by atoms with E-state index in [-0.39, 0.29) is 11.5 Å². The third-order valence-corrected chi connectivity index (χ3v) is 3.66. The number of hydrogen-bond acceptors (Lipinski definition) is 2. The number of hydrogen-bond donors (Lipinski definition) is 2. The highest BCUT2D eigenvalue weighted by molar-refractivity contribution is 14.1. The monoisotopic (exact) mass is 389 g/mol. The van der Waals surface area contributed by atoms with Crippen molar-refractivity contribution in [2.75, 3.05) is 5.32 Å². The van der Waals surface area contributed by atoms with Gasteiger partial charge >= 0.3 is 5.97 Å². The van der Waals surface area contributed by atoms with Gasteiger partial charge < -0.3 is 10.4 Å². The van der Waals surface area contributed by atoms with Gasteiger partial charge in [0, 0.05) is 9.99 Å². The van der Waals surface area contributed by atoms with Crippen molar-refractivity contribution in [2.24, 2.45) is 0 Å². The number of carboxylic acid groups (broad SMARTS) is 1. The smallest absolute Gasteiger partial charge is 0.337 e. The van der Waals surface area contributed by atoms with Crippen molar-refractivity contribution in [3.05, 3.63) is 27.3 Å². The minimum atomic E-state index is -1.03. The molecule has 0 unspecified atom stereocenters. The Kier molecular flexibility index (Phi) is 7.58. The van der Waals surface area contributed by atoms with Crippen LogP contribution in [0.4, 0.5) is 5.69 Å². The lowest BCUT2D eigenvalue weighted by Crippen LogP contribution is -2.14. The second-order valence-corrected chi connectivity index (χ2v) is 5.95.